The van der Waals surface area contributed by atoms with Crippen molar-refractivity contribution in [2.24, 2.45) is 0 Å². The van der Waals surface area contributed by atoms with Crippen LogP contribution >= 0.6 is 0 Å². The lowest BCUT2D eigenvalue weighted by molar-refractivity contribution is -0.135. The van der Waals surface area contributed by atoms with Gasteiger partial charge in [0.1, 0.15) is 5.82 Å². The number of allylic oxidation sites excluding steroid dienone is 1. The fraction of sp³-hybridized carbons (Fsp3) is 0.0526. The number of aliphatic hydroxyl groups is 1. The molecule has 0 aliphatic carbocycles. The first kappa shape index (κ1) is 16.4. The van der Waals surface area contributed by atoms with Gasteiger partial charge in [-0.15, -0.1) is 0 Å². The van der Waals surface area contributed by atoms with Gasteiger partial charge < -0.3 is 14.8 Å². The van der Waals surface area contributed by atoms with E-state index in [-0.39, 0.29) is 5.82 Å². The number of carbonyl (C=O) groups is 2. The molecule has 1 heterocycles. The molecule has 2 N–H and O–H groups in total. The van der Waals surface area contributed by atoms with Crippen LogP contribution in [0.1, 0.15) is 15.9 Å². The fourth-order valence-corrected chi connectivity index (χ4v) is 2.63. The van der Waals surface area contributed by atoms with Gasteiger partial charge >= 0.3 is 5.97 Å². The van der Waals surface area contributed by atoms with E-state index in [1.807, 2.05) is 10.6 Å². The summed E-state index contributed by atoms with van der Waals surface area (Å²) in [6.45, 7) is 0.498. The maximum absolute atomic E-state index is 13.0. The summed E-state index contributed by atoms with van der Waals surface area (Å²) < 4.78 is 14.9. The van der Waals surface area contributed by atoms with E-state index in [2.05, 4.69) is 0 Å². The number of ketones is 1. The Kier molecular flexibility index (Phi) is 4.35. The first-order valence-corrected chi connectivity index (χ1v) is 7.46. The molecule has 0 saturated carbocycles. The van der Waals surface area contributed by atoms with Gasteiger partial charge in [0, 0.05) is 35.3 Å². The molecular formula is C19H14FNO4. The third-order valence-corrected chi connectivity index (χ3v) is 3.83. The van der Waals surface area contributed by atoms with Crippen molar-refractivity contribution in [3.8, 4) is 0 Å². The molecule has 0 aliphatic rings. The van der Waals surface area contributed by atoms with Crippen molar-refractivity contribution in [2.45, 2.75) is 6.54 Å². The number of nitrogens with zero attached hydrogens (tertiary/aromatic N) is 1. The molecule has 3 aromatic rings. The average molecular weight is 339 g/mol. The Morgan fingerprint density at radius 2 is 1.76 bits per heavy atom. The standard InChI is InChI=1S/C19H14FNO4/c20-13-6-4-12(5-7-13)11-21-9-8-14-15(2-1-3-16(14)21)17(22)10-18(23)19(24)25/h1-10,23H,11H2,(H,24,25)/b18-10-. The Hall–Kier alpha value is -3.41. The SMILES string of the molecule is O=C(O)/C(O)=C/C(=O)c1cccc2c1ccn2Cc1ccc(F)cc1. The van der Waals surface area contributed by atoms with Crippen LogP contribution in [-0.2, 0) is 11.3 Å². The van der Waals surface area contributed by atoms with E-state index in [0.717, 1.165) is 11.1 Å². The Labute approximate surface area is 142 Å². The zero-order valence-corrected chi connectivity index (χ0v) is 13.0. The summed E-state index contributed by atoms with van der Waals surface area (Å²) in [4.78, 5) is 22.9. The average Bonchev–Trinajstić information content (AvgIpc) is 2.99. The van der Waals surface area contributed by atoms with Gasteiger partial charge in [-0.05, 0) is 29.8 Å². The molecule has 0 radical (unpaired) electrons. The van der Waals surface area contributed by atoms with Crippen LogP contribution in [0, 0.1) is 5.82 Å². The van der Waals surface area contributed by atoms with Crippen LogP contribution < -0.4 is 0 Å². The van der Waals surface area contributed by atoms with Gasteiger partial charge in [0.15, 0.2) is 5.78 Å². The lowest BCUT2D eigenvalue weighted by Crippen LogP contribution is -2.04. The topological polar surface area (TPSA) is 79.5 Å². The number of carboxylic acids is 1. The largest absolute Gasteiger partial charge is 0.502 e. The highest BCUT2D eigenvalue weighted by molar-refractivity contribution is 6.14. The molecule has 0 spiro atoms. The molecule has 0 atom stereocenters. The van der Waals surface area contributed by atoms with Crippen molar-refractivity contribution in [3.05, 3.63) is 83.5 Å². The van der Waals surface area contributed by atoms with Crippen LogP contribution in [0.4, 0.5) is 4.39 Å². The number of aliphatic hydroxyl groups excluding tert-OH is 1. The van der Waals surface area contributed by atoms with Crippen LogP contribution in [0.15, 0.2) is 66.6 Å². The second-order valence-corrected chi connectivity index (χ2v) is 5.51. The van der Waals surface area contributed by atoms with Crippen molar-refractivity contribution in [1.29, 1.82) is 0 Å². The van der Waals surface area contributed by atoms with Crippen molar-refractivity contribution in [2.75, 3.05) is 0 Å². The minimum atomic E-state index is -1.56. The Balaban J connectivity index is 1.97. The maximum atomic E-state index is 13.0. The zero-order valence-electron chi connectivity index (χ0n) is 13.0. The van der Waals surface area contributed by atoms with Crippen LogP contribution in [0.5, 0.6) is 0 Å². The summed E-state index contributed by atoms with van der Waals surface area (Å²) >= 11 is 0. The highest BCUT2D eigenvalue weighted by Gasteiger charge is 2.14. The summed E-state index contributed by atoms with van der Waals surface area (Å²) in [5, 5.41) is 18.6. The Bertz CT molecular complexity index is 986. The number of aromatic nitrogens is 1. The third kappa shape index (κ3) is 3.42. The molecular weight excluding hydrogens is 325 g/mol. The molecule has 0 fully saturated rings. The van der Waals surface area contributed by atoms with E-state index in [4.69, 9.17) is 5.11 Å². The van der Waals surface area contributed by atoms with Crippen molar-refractivity contribution < 1.29 is 24.2 Å². The van der Waals surface area contributed by atoms with E-state index in [9.17, 15) is 19.1 Å². The third-order valence-electron chi connectivity index (χ3n) is 3.83. The van der Waals surface area contributed by atoms with E-state index >= 15 is 0 Å². The van der Waals surface area contributed by atoms with Gasteiger partial charge in [-0.25, -0.2) is 9.18 Å². The van der Waals surface area contributed by atoms with Crippen molar-refractivity contribution in [3.63, 3.8) is 0 Å². The minimum absolute atomic E-state index is 0.295. The van der Waals surface area contributed by atoms with Crippen molar-refractivity contribution in [1.82, 2.24) is 4.57 Å². The molecule has 1 aromatic heterocycles. The molecule has 25 heavy (non-hydrogen) atoms. The van der Waals surface area contributed by atoms with Gasteiger partial charge in [0.05, 0.1) is 0 Å². The van der Waals surface area contributed by atoms with E-state index < -0.39 is 17.5 Å². The highest BCUT2D eigenvalue weighted by atomic mass is 19.1. The van der Waals surface area contributed by atoms with Crippen LogP contribution in [0.25, 0.3) is 10.9 Å². The first-order chi connectivity index (χ1) is 12.0. The van der Waals surface area contributed by atoms with Gasteiger partial charge in [-0.3, -0.25) is 4.79 Å². The number of rotatable bonds is 5. The predicted molar refractivity (Wildman–Crippen MR) is 90.1 cm³/mol. The molecule has 0 amide bonds. The van der Waals surface area contributed by atoms with Gasteiger partial charge in [0.25, 0.3) is 0 Å². The number of carbonyl (C=O) groups excluding carboxylic acids is 1. The molecule has 0 unspecified atom stereocenters. The van der Waals surface area contributed by atoms with E-state index in [1.165, 1.54) is 12.1 Å². The summed E-state index contributed by atoms with van der Waals surface area (Å²) in [6, 6.07) is 13.0. The second-order valence-electron chi connectivity index (χ2n) is 5.51. The molecule has 3 rings (SSSR count). The number of hydrogen-bond acceptors (Lipinski definition) is 3. The molecule has 5 nitrogen and oxygen atoms in total. The quantitative estimate of drug-likeness (QED) is 0.423. The van der Waals surface area contributed by atoms with Gasteiger partial charge in [0.2, 0.25) is 5.76 Å². The molecule has 126 valence electrons. The van der Waals surface area contributed by atoms with Gasteiger partial charge in [-0.1, -0.05) is 24.3 Å². The maximum Gasteiger partial charge on any atom is 0.371 e. The van der Waals surface area contributed by atoms with E-state index in [0.29, 0.717) is 23.6 Å². The fourth-order valence-electron chi connectivity index (χ4n) is 2.63. The lowest BCUT2D eigenvalue weighted by Gasteiger charge is -2.07. The van der Waals surface area contributed by atoms with Crippen molar-refractivity contribution >= 4 is 22.7 Å². The van der Waals surface area contributed by atoms with Gasteiger partial charge in [-0.2, -0.15) is 0 Å². The summed E-state index contributed by atoms with van der Waals surface area (Å²) in [7, 11) is 0. The Morgan fingerprint density at radius 3 is 2.44 bits per heavy atom. The summed E-state index contributed by atoms with van der Waals surface area (Å²) in [5.74, 6) is -3.47. The highest BCUT2D eigenvalue weighted by Crippen LogP contribution is 2.22. The van der Waals surface area contributed by atoms with Crippen LogP contribution in [-0.4, -0.2) is 26.5 Å². The molecule has 0 aliphatic heterocycles. The second kappa shape index (κ2) is 6.60. The van der Waals surface area contributed by atoms with Crippen LogP contribution in [0.2, 0.25) is 0 Å². The number of hydrogen-bond donors (Lipinski definition) is 2. The minimum Gasteiger partial charge on any atom is -0.502 e. The smallest absolute Gasteiger partial charge is 0.371 e. The lowest BCUT2D eigenvalue weighted by atomic mass is 10.1. The summed E-state index contributed by atoms with van der Waals surface area (Å²) in [5.41, 5.74) is 1.97. The molecule has 0 bridgehead atoms. The number of benzene rings is 2. The number of aliphatic carboxylic acids is 1. The molecule has 0 saturated heterocycles. The zero-order chi connectivity index (χ0) is 18.0. The monoisotopic (exact) mass is 339 g/mol. The Morgan fingerprint density at radius 1 is 1.04 bits per heavy atom. The number of carboxylic acid groups (broad SMARTS) is 1. The summed E-state index contributed by atoms with van der Waals surface area (Å²) in [6.07, 6.45) is 2.49. The van der Waals surface area contributed by atoms with E-state index in [1.54, 1.807) is 36.5 Å². The normalized spacial score (nSPS) is 11.6. The van der Waals surface area contributed by atoms with Crippen LogP contribution in [0.3, 0.4) is 0 Å². The number of halogens is 1. The predicted octanol–water partition coefficient (Wildman–Crippen LogP) is 3.54. The number of fused-ring (bicyclic) bond motifs is 1. The molecule has 6 heteroatoms. The molecule has 2 aromatic carbocycles. The first-order valence-electron chi connectivity index (χ1n) is 7.46.